The van der Waals surface area contributed by atoms with Crippen LogP contribution in [0.25, 0.3) is 0 Å². The molecule has 0 aliphatic rings. The van der Waals surface area contributed by atoms with Crippen molar-refractivity contribution in [1.29, 1.82) is 0 Å². The molecule has 2 nitrogen and oxygen atoms in total. The summed E-state index contributed by atoms with van der Waals surface area (Å²) < 4.78 is 14.0. The van der Waals surface area contributed by atoms with E-state index in [-0.39, 0.29) is 0 Å². The van der Waals surface area contributed by atoms with Gasteiger partial charge in [-0.1, -0.05) is 38.5 Å². The van der Waals surface area contributed by atoms with E-state index < -0.39 is 23.2 Å². The fourth-order valence-electron chi connectivity index (χ4n) is 1.64. The highest BCUT2D eigenvalue weighted by atomic mass is 19.1. The Balaban J connectivity index is 3.08. The molecule has 0 aromatic heterocycles. The van der Waals surface area contributed by atoms with Gasteiger partial charge in [0.2, 0.25) is 12.0 Å². The quantitative estimate of drug-likeness (QED) is 0.608. The van der Waals surface area contributed by atoms with Gasteiger partial charge in [0.25, 0.3) is 0 Å². The van der Waals surface area contributed by atoms with Crippen LogP contribution in [0.15, 0.2) is 18.2 Å². The second-order valence-corrected chi connectivity index (χ2v) is 5.66. The van der Waals surface area contributed by atoms with Crippen LogP contribution in [-0.4, -0.2) is 17.7 Å². The third-order valence-corrected chi connectivity index (χ3v) is 2.86. The van der Waals surface area contributed by atoms with Crippen molar-refractivity contribution in [3.63, 3.8) is 0 Å². The number of rotatable bonds is 3. The molecule has 0 spiro atoms. The molecule has 98 valence electrons. The van der Waals surface area contributed by atoms with Crippen LogP contribution in [0.3, 0.4) is 0 Å². The lowest BCUT2D eigenvalue weighted by Gasteiger charge is -2.19. The Labute approximate surface area is 107 Å². The third-order valence-electron chi connectivity index (χ3n) is 2.86. The molecule has 0 heterocycles. The summed E-state index contributed by atoms with van der Waals surface area (Å²) in [5.41, 5.74) is 1.00. The molecule has 0 bridgehead atoms. The highest BCUT2D eigenvalue weighted by Crippen LogP contribution is 2.22. The lowest BCUT2D eigenvalue weighted by Crippen LogP contribution is -2.35. The molecule has 18 heavy (non-hydrogen) atoms. The predicted molar refractivity (Wildman–Crippen MR) is 69.6 cm³/mol. The Morgan fingerprint density at radius 3 is 2.22 bits per heavy atom. The van der Waals surface area contributed by atoms with Crippen LogP contribution < -0.4 is 0 Å². The number of hydrogen-bond acceptors (Lipinski definition) is 2. The van der Waals surface area contributed by atoms with Gasteiger partial charge in [-0.25, -0.2) is 4.39 Å². The number of hydrogen-bond donors (Lipinski definition) is 0. The van der Waals surface area contributed by atoms with Gasteiger partial charge >= 0.3 is 0 Å². The number of aryl methyl sites for hydroxylation is 2. The summed E-state index contributed by atoms with van der Waals surface area (Å²) in [5, 5.41) is 0. The number of Topliss-reactive ketones (excluding diaryl/α,β-unsaturated/α-hetero) is 2. The van der Waals surface area contributed by atoms with E-state index in [0.29, 0.717) is 11.1 Å². The fourth-order valence-corrected chi connectivity index (χ4v) is 1.64. The Morgan fingerprint density at radius 1 is 1.17 bits per heavy atom. The van der Waals surface area contributed by atoms with Crippen molar-refractivity contribution < 1.29 is 14.0 Å². The molecule has 0 aliphatic carbocycles. The Bertz CT molecular complexity index is 484. The zero-order valence-electron chi connectivity index (χ0n) is 11.5. The maximum atomic E-state index is 14.0. The molecule has 0 fully saturated rings. The van der Waals surface area contributed by atoms with E-state index in [1.807, 2.05) is 13.0 Å². The molecule has 0 radical (unpaired) electrons. The Morgan fingerprint density at radius 2 is 1.72 bits per heavy atom. The molecule has 1 atom stereocenters. The van der Waals surface area contributed by atoms with Crippen LogP contribution in [0.4, 0.5) is 4.39 Å². The summed E-state index contributed by atoms with van der Waals surface area (Å²) in [6.45, 7) is 8.39. The first-order chi connectivity index (χ1) is 8.14. The second-order valence-electron chi connectivity index (χ2n) is 5.66. The van der Waals surface area contributed by atoms with Crippen molar-refractivity contribution in [1.82, 2.24) is 0 Å². The van der Waals surface area contributed by atoms with Gasteiger partial charge in [-0.05, 0) is 25.5 Å². The number of benzene rings is 1. The molecule has 3 heteroatoms. The van der Waals surface area contributed by atoms with E-state index in [0.717, 1.165) is 5.56 Å². The zero-order chi connectivity index (χ0) is 14.1. The van der Waals surface area contributed by atoms with Gasteiger partial charge in [-0.15, -0.1) is 0 Å². The largest absolute Gasteiger partial charge is 0.295 e. The monoisotopic (exact) mass is 250 g/mol. The number of alkyl halides is 1. The average molecular weight is 250 g/mol. The average Bonchev–Trinajstić information content (AvgIpc) is 2.28. The maximum absolute atomic E-state index is 14.0. The number of carbonyl (C=O) groups is 2. The smallest absolute Gasteiger partial charge is 0.221 e. The summed E-state index contributed by atoms with van der Waals surface area (Å²) in [6.07, 6.45) is -2.08. The van der Waals surface area contributed by atoms with Crippen LogP contribution in [-0.2, 0) is 4.79 Å². The normalized spacial score (nSPS) is 13.2. The van der Waals surface area contributed by atoms with E-state index in [1.165, 1.54) is 0 Å². The summed E-state index contributed by atoms with van der Waals surface area (Å²) in [7, 11) is 0. The fraction of sp³-hybridized carbons (Fsp3) is 0.467. The molecule has 1 unspecified atom stereocenters. The molecule has 0 saturated heterocycles. The van der Waals surface area contributed by atoms with E-state index in [9.17, 15) is 14.0 Å². The second kappa shape index (κ2) is 5.01. The Kier molecular flexibility index (Phi) is 4.05. The van der Waals surface area contributed by atoms with Crippen LogP contribution in [0.1, 0.15) is 42.3 Å². The topological polar surface area (TPSA) is 34.1 Å². The molecule has 0 N–H and O–H groups in total. The summed E-state index contributed by atoms with van der Waals surface area (Å²) in [5.74, 6) is -1.41. The van der Waals surface area contributed by atoms with E-state index >= 15 is 0 Å². The van der Waals surface area contributed by atoms with Crippen molar-refractivity contribution in [3.05, 3.63) is 34.9 Å². The van der Waals surface area contributed by atoms with E-state index in [1.54, 1.807) is 39.8 Å². The van der Waals surface area contributed by atoms with Crippen molar-refractivity contribution in [2.24, 2.45) is 5.41 Å². The molecule has 1 aromatic rings. The lowest BCUT2D eigenvalue weighted by molar-refractivity contribution is -0.129. The molecule has 0 saturated carbocycles. The first kappa shape index (κ1) is 14.6. The zero-order valence-corrected chi connectivity index (χ0v) is 11.5. The number of ketones is 2. The first-order valence-electron chi connectivity index (χ1n) is 5.94. The van der Waals surface area contributed by atoms with Gasteiger partial charge in [0.05, 0.1) is 0 Å². The Hall–Kier alpha value is -1.51. The highest BCUT2D eigenvalue weighted by Gasteiger charge is 2.35. The van der Waals surface area contributed by atoms with E-state index in [2.05, 4.69) is 0 Å². The summed E-state index contributed by atoms with van der Waals surface area (Å²) >= 11 is 0. The summed E-state index contributed by atoms with van der Waals surface area (Å²) in [6, 6.07) is 5.24. The molecule has 1 aromatic carbocycles. The van der Waals surface area contributed by atoms with Crippen LogP contribution in [0.5, 0.6) is 0 Å². The van der Waals surface area contributed by atoms with Gasteiger partial charge in [0.1, 0.15) is 0 Å². The highest BCUT2D eigenvalue weighted by molar-refractivity contribution is 6.15. The molecule has 0 amide bonds. The molecule has 0 aliphatic heterocycles. The maximum Gasteiger partial charge on any atom is 0.221 e. The van der Waals surface area contributed by atoms with Crippen molar-refractivity contribution in [3.8, 4) is 0 Å². The third kappa shape index (κ3) is 3.03. The van der Waals surface area contributed by atoms with Gasteiger partial charge in [-0.2, -0.15) is 0 Å². The molecular weight excluding hydrogens is 231 g/mol. The molecule has 1 rings (SSSR count). The van der Waals surface area contributed by atoms with Crippen LogP contribution >= 0.6 is 0 Å². The first-order valence-corrected chi connectivity index (χ1v) is 5.94. The van der Waals surface area contributed by atoms with Gasteiger partial charge in [0.15, 0.2) is 5.78 Å². The van der Waals surface area contributed by atoms with Gasteiger partial charge in [0, 0.05) is 11.0 Å². The van der Waals surface area contributed by atoms with Crippen LogP contribution in [0, 0.1) is 19.3 Å². The van der Waals surface area contributed by atoms with Crippen molar-refractivity contribution >= 4 is 11.6 Å². The standard InChI is InChI=1S/C15H19FO2/c1-9-6-7-10(2)11(8-9)13(17)12(16)14(18)15(3,4)5/h6-8,12H,1-5H3. The minimum atomic E-state index is -2.08. The number of halogens is 1. The number of carbonyl (C=O) groups excluding carboxylic acids is 2. The predicted octanol–water partition coefficient (Wildman–Crippen LogP) is 3.44. The van der Waals surface area contributed by atoms with Gasteiger partial charge in [-0.3, -0.25) is 9.59 Å². The molecular formula is C15H19FO2. The van der Waals surface area contributed by atoms with Crippen molar-refractivity contribution in [2.45, 2.75) is 40.8 Å². The minimum absolute atomic E-state index is 0.292. The van der Waals surface area contributed by atoms with Gasteiger partial charge < -0.3 is 0 Å². The lowest BCUT2D eigenvalue weighted by atomic mass is 9.85. The van der Waals surface area contributed by atoms with E-state index in [4.69, 9.17) is 0 Å². The van der Waals surface area contributed by atoms with Crippen LogP contribution in [0.2, 0.25) is 0 Å². The van der Waals surface area contributed by atoms with Crippen molar-refractivity contribution in [2.75, 3.05) is 0 Å². The minimum Gasteiger partial charge on any atom is -0.295 e. The summed E-state index contributed by atoms with van der Waals surface area (Å²) in [4.78, 5) is 23.8. The SMILES string of the molecule is Cc1ccc(C)c(C(=O)C(F)C(=O)C(C)(C)C)c1.